The van der Waals surface area contributed by atoms with Crippen LogP contribution in [0.3, 0.4) is 0 Å². The Morgan fingerprint density at radius 1 is 2.00 bits per heavy atom. The van der Waals surface area contributed by atoms with Gasteiger partial charge in [-0.15, -0.1) is 0 Å². The monoisotopic (exact) mass is 88.0 g/mol. The molecule has 0 aliphatic rings. The summed E-state index contributed by atoms with van der Waals surface area (Å²) in [6, 6.07) is 0. The normalized spacial score (nSPS) is 7.33. The number of hydrogen-bond donors (Lipinski definition) is 0. The molecule has 0 bridgehead atoms. The van der Waals surface area contributed by atoms with E-state index in [1.54, 1.807) is 0 Å². The summed E-state index contributed by atoms with van der Waals surface area (Å²) < 4.78 is 3.74. The van der Waals surface area contributed by atoms with Crippen molar-refractivity contribution in [3.63, 3.8) is 0 Å². The molecule has 0 saturated heterocycles. The summed E-state index contributed by atoms with van der Waals surface area (Å²) in [6.07, 6.45) is -1.52. The minimum Gasteiger partial charge on any atom is -0.509 e. The number of hydrogen-bond acceptors (Lipinski definition) is 3. The number of carboxylic acid groups (broad SMARTS) is 1. The number of carbonyl (C=O) groups excluding carboxylic acids is 1. The van der Waals surface area contributed by atoms with Crippen molar-refractivity contribution in [1.29, 1.82) is 0 Å². The molecular formula is C3H4O3. The van der Waals surface area contributed by atoms with Gasteiger partial charge in [-0.3, -0.25) is 0 Å². The first kappa shape index (κ1) is 5.14. The van der Waals surface area contributed by atoms with E-state index in [0.717, 1.165) is 0 Å². The zero-order valence-electron chi connectivity index (χ0n) is 3.14. The van der Waals surface area contributed by atoms with E-state index < -0.39 is 6.16 Å². The number of ether oxygens (including phenoxy) is 1. The molecule has 0 fully saturated rings. The van der Waals surface area contributed by atoms with Gasteiger partial charge in [-0.1, -0.05) is 0 Å². The smallest absolute Gasteiger partial charge is 0.255 e. The molecule has 0 atom stereocenters. The van der Waals surface area contributed by atoms with Crippen LogP contribution in [0.1, 0.15) is 0 Å². The fourth-order valence-corrected chi connectivity index (χ4v) is 0.0833. The van der Waals surface area contributed by atoms with Crippen molar-refractivity contribution in [1.82, 2.24) is 0 Å². The molecule has 3 nitrogen and oxygen atoms in total. The molecule has 3 heteroatoms. The van der Waals surface area contributed by atoms with Gasteiger partial charge in [0.1, 0.15) is 0 Å². The van der Waals surface area contributed by atoms with Crippen LogP contribution in [0.4, 0.5) is 4.79 Å². The molecule has 34 valence electrons. The molecule has 6 heavy (non-hydrogen) atoms. The van der Waals surface area contributed by atoms with Crippen LogP contribution in [0.2, 0.25) is 0 Å². The summed E-state index contributed by atoms with van der Waals surface area (Å²) in [5.74, 6) is 0. The van der Waals surface area contributed by atoms with E-state index in [1.165, 1.54) is 0 Å². The van der Waals surface area contributed by atoms with Crippen molar-refractivity contribution in [3.8, 4) is 0 Å². The average Bonchev–Trinajstić information content (AvgIpc) is 1.35. The number of rotatable bonds is 1. The average molecular weight is 88.1 g/mol. The Morgan fingerprint density at radius 2 is 2.50 bits per heavy atom. The molecule has 0 radical (unpaired) electrons. The maximum Gasteiger partial charge on any atom is 0.255 e. The maximum atomic E-state index is 9.23. The van der Waals surface area contributed by atoms with Gasteiger partial charge < -0.3 is 14.6 Å². The molecule has 0 aromatic carbocycles. The van der Waals surface area contributed by atoms with Crippen LogP contribution in [0.5, 0.6) is 0 Å². The predicted octanol–water partition coefficient (Wildman–Crippen LogP) is -0.820. The highest BCUT2D eigenvalue weighted by Crippen LogP contribution is 1.64. The van der Waals surface area contributed by atoms with E-state index in [1.807, 2.05) is 0 Å². The molecule has 0 aromatic rings. The Balaban J connectivity index is 2.83. The summed E-state index contributed by atoms with van der Waals surface area (Å²) in [6.45, 7) is 3.00. The van der Waals surface area contributed by atoms with Crippen LogP contribution < -0.4 is 5.11 Å². The van der Waals surface area contributed by atoms with Crippen LogP contribution in [0, 0.1) is 6.92 Å². The Kier molecular flexibility index (Phi) is 2.04. The number of carbonyl (C=O) groups is 1. The van der Waals surface area contributed by atoms with E-state index in [-0.39, 0.29) is 6.61 Å². The van der Waals surface area contributed by atoms with E-state index in [0.29, 0.717) is 0 Å². The first-order valence-electron chi connectivity index (χ1n) is 1.40. The lowest BCUT2D eigenvalue weighted by Crippen LogP contribution is -2.23. The van der Waals surface area contributed by atoms with Gasteiger partial charge >= 0.3 is 0 Å². The summed E-state index contributed by atoms with van der Waals surface area (Å²) in [5.41, 5.74) is 0. The second-order valence-corrected chi connectivity index (χ2v) is 0.598. The first-order valence-corrected chi connectivity index (χ1v) is 1.40. The molecule has 0 aromatic heterocycles. The zero-order chi connectivity index (χ0) is 4.99. The van der Waals surface area contributed by atoms with E-state index in [2.05, 4.69) is 11.7 Å². The lowest BCUT2D eigenvalue weighted by atomic mass is 10.9. The molecule has 0 amide bonds. The fraction of sp³-hybridized carbons (Fsp3) is 0.333. The van der Waals surface area contributed by atoms with Crippen LogP contribution in [0.15, 0.2) is 0 Å². The third-order valence-electron chi connectivity index (χ3n) is 0.220. The fourth-order valence-electron chi connectivity index (χ4n) is 0.0833. The molecule has 0 saturated carbocycles. The van der Waals surface area contributed by atoms with Crippen molar-refractivity contribution in [2.24, 2.45) is 0 Å². The molecule has 0 unspecified atom stereocenters. The van der Waals surface area contributed by atoms with Crippen LogP contribution in [0.25, 0.3) is 0 Å². The Bertz CT molecular complexity index is 50.0. The highest BCUT2D eigenvalue weighted by atomic mass is 16.7. The minimum atomic E-state index is -1.52. The van der Waals surface area contributed by atoms with E-state index in [9.17, 15) is 9.90 Å². The Morgan fingerprint density at radius 3 is 2.50 bits per heavy atom. The van der Waals surface area contributed by atoms with E-state index >= 15 is 0 Å². The molecule has 0 N–H and O–H groups in total. The van der Waals surface area contributed by atoms with Gasteiger partial charge in [0.2, 0.25) is 0 Å². The van der Waals surface area contributed by atoms with Crippen molar-refractivity contribution in [3.05, 3.63) is 6.92 Å². The summed E-state index contributed by atoms with van der Waals surface area (Å²) in [7, 11) is 0. The molecule has 0 aliphatic carbocycles. The quantitative estimate of drug-likeness (QED) is 0.311. The summed E-state index contributed by atoms with van der Waals surface area (Å²) in [4.78, 5) is 9.23. The third-order valence-corrected chi connectivity index (χ3v) is 0.220. The van der Waals surface area contributed by atoms with Gasteiger partial charge in [-0.25, -0.2) is 0 Å². The van der Waals surface area contributed by atoms with Gasteiger partial charge in [0, 0.05) is 0 Å². The topological polar surface area (TPSA) is 49.4 Å². The molecule has 0 aliphatic heterocycles. The zero-order valence-corrected chi connectivity index (χ0v) is 3.14. The molecule has 0 spiro atoms. The predicted molar refractivity (Wildman–Crippen MR) is 16.7 cm³/mol. The standard InChI is InChI=1S/C3H4O3/c1-2-6-3(4)5/h1-2H2. The van der Waals surface area contributed by atoms with Gasteiger partial charge in [-0.05, 0) is 0 Å². The molecule has 0 rings (SSSR count). The Labute approximate surface area is 35.5 Å². The van der Waals surface area contributed by atoms with Gasteiger partial charge in [0.05, 0.1) is 6.92 Å². The largest absolute Gasteiger partial charge is 0.509 e. The van der Waals surface area contributed by atoms with Crippen LogP contribution >= 0.6 is 0 Å². The van der Waals surface area contributed by atoms with Gasteiger partial charge in [0.15, 0.2) is 6.61 Å². The highest BCUT2D eigenvalue weighted by molar-refractivity contribution is 5.53. The third kappa shape index (κ3) is 3.14. The molecule has 0 heterocycles. The van der Waals surface area contributed by atoms with Crippen molar-refractivity contribution < 1.29 is 14.6 Å². The second-order valence-electron chi connectivity index (χ2n) is 0.598. The summed E-state index contributed by atoms with van der Waals surface area (Å²) in [5, 5.41) is 9.23. The SMILES string of the molecule is [CH2+]COC(=O)[O-]. The maximum absolute atomic E-state index is 9.23. The first-order chi connectivity index (χ1) is 2.77. The lowest BCUT2D eigenvalue weighted by Gasteiger charge is -1.95. The van der Waals surface area contributed by atoms with E-state index in [4.69, 9.17) is 0 Å². The van der Waals surface area contributed by atoms with Crippen molar-refractivity contribution in [2.45, 2.75) is 0 Å². The molecular weight excluding hydrogens is 84.0 g/mol. The summed E-state index contributed by atoms with van der Waals surface area (Å²) >= 11 is 0. The second kappa shape index (κ2) is 2.38. The highest BCUT2D eigenvalue weighted by Gasteiger charge is 1.75. The van der Waals surface area contributed by atoms with Crippen molar-refractivity contribution >= 4 is 6.16 Å². The van der Waals surface area contributed by atoms with Gasteiger partial charge in [-0.2, -0.15) is 0 Å². The van der Waals surface area contributed by atoms with Crippen molar-refractivity contribution in [2.75, 3.05) is 6.61 Å². The van der Waals surface area contributed by atoms with Gasteiger partial charge in [0.25, 0.3) is 6.16 Å². The Hall–Kier alpha value is -0.860. The van der Waals surface area contributed by atoms with Crippen LogP contribution in [-0.2, 0) is 4.74 Å². The van der Waals surface area contributed by atoms with Crippen LogP contribution in [-0.4, -0.2) is 12.8 Å². The lowest BCUT2D eigenvalue weighted by molar-refractivity contribution is -0.281. The minimum absolute atomic E-state index is 0.0810.